The summed E-state index contributed by atoms with van der Waals surface area (Å²) in [6.45, 7) is 3.51. The number of ketones is 1. The predicted molar refractivity (Wildman–Crippen MR) is 70.8 cm³/mol. The normalized spacial score (nSPS) is 10.4. The third-order valence-corrected chi connectivity index (χ3v) is 2.94. The van der Waals surface area contributed by atoms with Crippen LogP contribution in [0.15, 0.2) is 36.4 Å². The largest absolute Gasteiger partial charge is 0.289 e. The maximum atomic E-state index is 13.2. The van der Waals surface area contributed by atoms with Gasteiger partial charge in [0.25, 0.3) is 0 Å². The molecule has 0 N–H and O–H groups in total. The molecule has 2 aromatic rings. The minimum atomic E-state index is -0.311. The van der Waals surface area contributed by atoms with Crippen LogP contribution in [0.4, 0.5) is 4.39 Å². The third-order valence-electron chi connectivity index (χ3n) is 2.72. The summed E-state index contributed by atoms with van der Waals surface area (Å²) in [6.07, 6.45) is 0. The SMILES string of the molecule is Cc1cc(Cl)cc(C(=O)c2ccc(F)c(C)c2)c1. The highest BCUT2D eigenvalue weighted by molar-refractivity contribution is 6.31. The van der Waals surface area contributed by atoms with Crippen LogP contribution in [0.2, 0.25) is 5.02 Å². The number of hydrogen-bond donors (Lipinski definition) is 0. The number of carbonyl (C=O) groups is 1. The van der Waals surface area contributed by atoms with E-state index >= 15 is 0 Å². The molecule has 0 heterocycles. The van der Waals surface area contributed by atoms with E-state index in [-0.39, 0.29) is 11.6 Å². The van der Waals surface area contributed by atoms with Crippen LogP contribution in [-0.2, 0) is 0 Å². The molecule has 0 spiro atoms. The first-order valence-electron chi connectivity index (χ1n) is 5.55. The molecule has 0 atom stereocenters. The van der Waals surface area contributed by atoms with E-state index < -0.39 is 0 Å². The van der Waals surface area contributed by atoms with Crippen molar-refractivity contribution in [1.82, 2.24) is 0 Å². The Labute approximate surface area is 110 Å². The van der Waals surface area contributed by atoms with E-state index in [0.29, 0.717) is 21.7 Å². The lowest BCUT2D eigenvalue weighted by Crippen LogP contribution is -2.02. The summed E-state index contributed by atoms with van der Waals surface area (Å²) >= 11 is 5.93. The quantitative estimate of drug-likeness (QED) is 0.737. The highest BCUT2D eigenvalue weighted by Gasteiger charge is 2.11. The molecule has 92 valence electrons. The highest BCUT2D eigenvalue weighted by atomic mass is 35.5. The fraction of sp³-hybridized carbons (Fsp3) is 0.133. The molecule has 0 bridgehead atoms. The van der Waals surface area contributed by atoms with E-state index in [9.17, 15) is 9.18 Å². The van der Waals surface area contributed by atoms with Crippen molar-refractivity contribution in [2.45, 2.75) is 13.8 Å². The molecule has 0 aliphatic heterocycles. The molecule has 2 aromatic carbocycles. The lowest BCUT2D eigenvalue weighted by Gasteiger charge is -2.05. The van der Waals surface area contributed by atoms with Crippen LogP contribution in [0.1, 0.15) is 27.0 Å². The van der Waals surface area contributed by atoms with E-state index in [1.165, 1.54) is 12.1 Å². The van der Waals surface area contributed by atoms with Crippen molar-refractivity contribution < 1.29 is 9.18 Å². The standard InChI is InChI=1S/C15H12ClFO/c1-9-5-12(8-13(16)6-9)15(18)11-3-4-14(17)10(2)7-11/h3-8H,1-2H3. The van der Waals surface area contributed by atoms with Crippen molar-refractivity contribution in [3.63, 3.8) is 0 Å². The van der Waals surface area contributed by atoms with Gasteiger partial charge < -0.3 is 0 Å². The molecule has 0 aliphatic carbocycles. The molecule has 0 saturated carbocycles. The van der Waals surface area contributed by atoms with E-state index in [1.54, 1.807) is 31.2 Å². The van der Waals surface area contributed by atoms with Gasteiger partial charge in [0.15, 0.2) is 5.78 Å². The molecule has 0 radical (unpaired) electrons. The fourth-order valence-corrected chi connectivity index (χ4v) is 2.11. The topological polar surface area (TPSA) is 17.1 Å². The number of benzene rings is 2. The molecule has 0 aromatic heterocycles. The van der Waals surface area contributed by atoms with E-state index in [1.807, 2.05) is 6.92 Å². The number of aryl methyl sites for hydroxylation is 2. The summed E-state index contributed by atoms with van der Waals surface area (Å²) in [5.74, 6) is -0.461. The second kappa shape index (κ2) is 4.91. The molecule has 0 fully saturated rings. The van der Waals surface area contributed by atoms with Crippen molar-refractivity contribution in [3.05, 3.63) is 69.5 Å². The van der Waals surface area contributed by atoms with Crippen molar-refractivity contribution in [1.29, 1.82) is 0 Å². The van der Waals surface area contributed by atoms with Crippen LogP contribution in [0, 0.1) is 19.7 Å². The van der Waals surface area contributed by atoms with Crippen LogP contribution < -0.4 is 0 Å². The summed E-state index contributed by atoms with van der Waals surface area (Å²) in [5.41, 5.74) is 2.37. The van der Waals surface area contributed by atoms with Gasteiger partial charge in [0.2, 0.25) is 0 Å². The first-order valence-corrected chi connectivity index (χ1v) is 5.93. The Balaban J connectivity index is 2.44. The Hall–Kier alpha value is -1.67. The van der Waals surface area contributed by atoms with Gasteiger partial charge >= 0.3 is 0 Å². The zero-order valence-electron chi connectivity index (χ0n) is 10.1. The highest BCUT2D eigenvalue weighted by Crippen LogP contribution is 2.19. The van der Waals surface area contributed by atoms with E-state index in [4.69, 9.17) is 11.6 Å². The van der Waals surface area contributed by atoms with E-state index in [0.717, 1.165) is 5.56 Å². The Kier molecular flexibility index (Phi) is 3.48. The molecular formula is C15H12ClFO. The minimum absolute atomic E-state index is 0.149. The van der Waals surface area contributed by atoms with Gasteiger partial charge in [-0.15, -0.1) is 0 Å². The molecule has 2 rings (SSSR count). The Morgan fingerprint density at radius 3 is 2.39 bits per heavy atom. The van der Waals surface area contributed by atoms with Gasteiger partial charge in [-0.2, -0.15) is 0 Å². The summed E-state index contributed by atoms with van der Waals surface area (Å²) in [4.78, 5) is 12.2. The second-order valence-corrected chi connectivity index (χ2v) is 4.75. The van der Waals surface area contributed by atoms with Crippen molar-refractivity contribution >= 4 is 17.4 Å². The van der Waals surface area contributed by atoms with Gasteiger partial charge in [-0.1, -0.05) is 11.6 Å². The number of carbonyl (C=O) groups excluding carboxylic acids is 1. The van der Waals surface area contributed by atoms with Gasteiger partial charge in [0, 0.05) is 16.1 Å². The van der Waals surface area contributed by atoms with Crippen LogP contribution in [0.25, 0.3) is 0 Å². The van der Waals surface area contributed by atoms with E-state index in [2.05, 4.69) is 0 Å². The lowest BCUT2D eigenvalue weighted by atomic mass is 10.00. The summed E-state index contributed by atoms with van der Waals surface area (Å²) in [6, 6.07) is 9.52. The Morgan fingerprint density at radius 2 is 1.78 bits per heavy atom. The maximum absolute atomic E-state index is 13.2. The van der Waals surface area contributed by atoms with Crippen LogP contribution in [0.3, 0.4) is 0 Å². The molecular weight excluding hydrogens is 251 g/mol. The molecule has 0 amide bonds. The van der Waals surface area contributed by atoms with Gasteiger partial charge in [-0.3, -0.25) is 4.79 Å². The summed E-state index contributed by atoms with van der Waals surface area (Å²) < 4.78 is 13.2. The van der Waals surface area contributed by atoms with Crippen molar-refractivity contribution in [2.75, 3.05) is 0 Å². The zero-order valence-corrected chi connectivity index (χ0v) is 10.9. The van der Waals surface area contributed by atoms with Gasteiger partial charge in [-0.25, -0.2) is 4.39 Å². The van der Waals surface area contributed by atoms with Gasteiger partial charge in [0.1, 0.15) is 5.82 Å². The maximum Gasteiger partial charge on any atom is 0.193 e. The first kappa shape index (κ1) is 12.8. The molecule has 18 heavy (non-hydrogen) atoms. The lowest BCUT2D eigenvalue weighted by molar-refractivity contribution is 0.103. The monoisotopic (exact) mass is 262 g/mol. The molecule has 1 nitrogen and oxygen atoms in total. The Morgan fingerprint density at radius 1 is 1.06 bits per heavy atom. The third kappa shape index (κ3) is 2.59. The second-order valence-electron chi connectivity index (χ2n) is 4.31. The Bertz CT molecular complexity index is 600. The fourth-order valence-electron chi connectivity index (χ4n) is 1.82. The van der Waals surface area contributed by atoms with Crippen molar-refractivity contribution in [2.24, 2.45) is 0 Å². The molecule has 0 unspecified atom stereocenters. The zero-order chi connectivity index (χ0) is 13.3. The number of hydrogen-bond acceptors (Lipinski definition) is 1. The van der Waals surface area contributed by atoms with Crippen LogP contribution in [-0.4, -0.2) is 5.78 Å². The smallest absolute Gasteiger partial charge is 0.193 e. The minimum Gasteiger partial charge on any atom is -0.289 e. The van der Waals surface area contributed by atoms with Crippen LogP contribution >= 0.6 is 11.6 Å². The summed E-state index contributed by atoms with van der Waals surface area (Å²) in [7, 11) is 0. The number of rotatable bonds is 2. The van der Waals surface area contributed by atoms with Crippen LogP contribution in [0.5, 0.6) is 0 Å². The first-order chi connectivity index (χ1) is 8.47. The number of halogens is 2. The molecule has 3 heteroatoms. The molecule has 0 aliphatic rings. The average molecular weight is 263 g/mol. The van der Waals surface area contributed by atoms with Gasteiger partial charge in [-0.05, 0) is 61.4 Å². The summed E-state index contributed by atoms with van der Waals surface area (Å²) in [5, 5.41) is 0.525. The molecule has 0 saturated heterocycles. The average Bonchev–Trinajstić information content (AvgIpc) is 2.30. The van der Waals surface area contributed by atoms with Crippen molar-refractivity contribution in [3.8, 4) is 0 Å². The predicted octanol–water partition coefficient (Wildman–Crippen LogP) is 4.33. The van der Waals surface area contributed by atoms with Gasteiger partial charge in [0.05, 0.1) is 0 Å².